The van der Waals surface area contributed by atoms with Gasteiger partial charge in [0, 0.05) is 19.7 Å². The molecule has 1 aliphatic heterocycles. The van der Waals surface area contributed by atoms with Gasteiger partial charge in [0.15, 0.2) is 0 Å². The van der Waals surface area contributed by atoms with Crippen LogP contribution in [0.2, 0.25) is 0 Å². The largest absolute Gasteiger partial charge is 0.344 e. The topological polar surface area (TPSA) is 101 Å². The maximum absolute atomic E-state index is 12.3. The summed E-state index contributed by atoms with van der Waals surface area (Å²) >= 11 is 0. The number of benzene rings is 1. The van der Waals surface area contributed by atoms with Gasteiger partial charge in [0.1, 0.15) is 12.1 Å². The number of amides is 3. The lowest BCUT2D eigenvalue weighted by molar-refractivity contribution is -0.385. The van der Waals surface area contributed by atoms with Crippen LogP contribution in [-0.4, -0.2) is 52.6 Å². The van der Waals surface area contributed by atoms with E-state index < -0.39 is 29.0 Å². The molecule has 8 heteroatoms. The number of carbonyl (C=O) groups excluding carboxylic acids is 3. The van der Waals surface area contributed by atoms with Crippen LogP contribution in [0.15, 0.2) is 18.2 Å². The summed E-state index contributed by atoms with van der Waals surface area (Å²) in [6.45, 7) is 2.10. The summed E-state index contributed by atoms with van der Waals surface area (Å²) in [6.07, 6.45) is 1.73. The van der Waals surface area contributed by atoms with E-state index in [9.17, 15) is 24.5 Å². The van der Waals surface area contributed by atoms with E-state index in [4.69, 9.17) is 0 Å². The Kier molecular flexibility index (Phi) is 4.73. The fraction of sp³-hybridized carbons (Fsp3) is 0.400. The van der Waals surface area contributed by atoms with Crippen molar-refractivity contribution in [2.75, 3.05) is 20.1 Å². The van der Waals surface area contributed by atoms with Gasteiger partial charge < -0.3 is 4.90 Å². The standard InChI is InChI=1S/C15H17N3O5/c1-3-4-8-16(2)12(19)9-17-14(20)10-6-5-7-11(18(22)23)13(10)15(17)21/h5-7H,3-4,8-9H2,1-2H3. The van der Waals surface area contributed by atoms with E-state index in [0.29, 0.717) is 6.54 Å². The fourth-order valence-corrected chi connectivity index (χ4v) is 2.39. The van der Waals surface area contributed by atoms with E-state index in [1.165, 1.54) is 23.1 Å². The predicted molar refractivity (Wildman–Crippen MR) is 81.0 cm³/mol. The zero-order chi connectivity index (χ0) is 17.1. The van der Waals surface area contributed by atoms with E-state index >= 15 is 0 Å². The van der Waals surface area contributed by atoms with Crippen molar-refractivity contribution < 1.29 is 19.3 Å². The highest BCUT2D eigenvalue weighted by Gasteiger charge is 2.41. The van der Waals surface area contributed by atoms with Crippen molar-refractivity contribution in [3.8, 4) is 0 Å². The minimum Gasteiger partial charge on any atom is -0.344 e. The van der Waals surface area contributed by atoms with Crippen LogP contribution in [0.25, 0.3) is 0 Å². The first-order chi connectivity index (χ1) is 10.9. The SMILES string of the molecule is CCCCN(C)C(=O)CN1C(=O)c2cccc([N+](=O)[O-])c2C1=O. The molecule has 0 saturated carbocycles. The van der Waals surface area contributed by atoms with Crippen LogP contribution in [0.1, 0.15) is 40.5 Å². The number of imide groups is 1. The maximum Gasteiger partial charge on any atom is 0.282 e. The van der Waals surface area contributed by atoms with Crippen molar-refractivity contribution in [3.05, 3.63) is 39.4 Å². The van der Waals surface area contributed by atoms with Crippen molar-refractivity contribution in [2.45, 2.75) is 19.8 Å². The molecule has 2 rings (SSSR count). The number of hydrogen-bond donors (Lipinski definition) is 0. The van der Waals surface area contributed by atoms with Crippen LogP contribution in [0.3, 0.4) is 0 Å². The van der Waals surface area contributed by atoms with Gasteiger partial charge in [-0.2, -0.15) is 0 Å². The average Bonchev–Trinajstić information content (AvgIpc) is 2.77. The number of unbranched alkanes of at least 4 members (excludes halogenated alkanes) is 1. The maximum atomic E-state index is 12.3. The number of carbonyl (C=O) groups is 3. The molecule has 1 heterocycles. The minimum atomic E-state index is -0.797. The highest BCUT2D eigenvalue weighted by Crippen LogP contribution is 2.30. The zero-order valence-electron chi connectivity index (χ0n) is 12.9. The summed E-state index contributed by atoms with van der Waals surface area (Å²) in [4.78, 5) is 49.2. The molecule has 0 radical (unpaired) electrons. The summed E-state index contributed by atoms with van der Waals surface area (Å²) in [5, 5.41) is 11.0. The molecule has 1 aromatic carbocycles. The van der Waals surface area contributed by atoms with E-state index in [1.807, 2.05) is 6.92 Å². The highest BCUT2D eigenvalue weighted by molar-refractivity contribution is 6.24. The van der Waals surface area contributed by atoms with Crippen LogP contribution < -0.4 is 0 Å². The third-order valence-corrected chi connectivity index (χ3v) is 3.74. The Morgan fingerprint density at radius 3 is 2.61 bits per heavy atom. The molecule has 122 valence electrons. The molecule has 0 bridgehead atoms. The number of fused-ring (bicyclic) bond motifs is 1. The Balaban J connectivity index is 2.23. The molecule has 23 heavy (non-hydrogen) atoms. The van der Waals surface area contributed by atoms with Gasteiger partial charge >= 0.3 is 0 Å². The summed E-state index contributed by atoms with van der Waals surface area (Å²) in [5.41, 5.74) is -0.699. The molecule has 3 amide bonds. The highest BCUT2D eigenvalue weighted by atomic mass is 16.6. The zero-order valence-corrected chi connectivity index (χ0v) is 12.9. The quantitative estimate of drug-likeness (QED) is 0.449. The van der Waals surface area contributed by atoms with Gasteiger partial charge in [0.25, 0.3) is 17.5 Å². The van der Waals surface area contributed by atoms with E-state index in [-0.39, 0.29) is 17.0 Å². The molecule has 0 aromatic heterocycles. The van der Waals surface area contributed by atoms with Gasteiger partial charge in [-0.1, -0.05) is 19.4 Å². The lowest BCUT2D eigenvalue weighted by Crippen LogP contribution is -2.41. The van der Waals surface area contributed by atoms with Crippen LogP contribution in [0, 0.1) is 10.1 Å². The molecular weight excluding hydrogens is 302 g/mol. The van der Waals surface area contributed by atoms with Gasteiger partial charge in [0.2, 0.25) is 5.91 Å². The first-order valence-electron chi connectivity index (χ1n) is 7.26. The summed E-state index contributed by atoms with van der Waals surface area (Å²) < 4.78 is 0. The monoisotopic (exact) mass is 319 g/mol. The molecule has 0 saturated heterocycles. The first-order valence-corrected chi connectivity index (χ1v) is 7.26. The number of nitro groups is 1. The van der Waals surface area contributed by atoms with E-state index in [1.54, 1.807) is 7.05 Å². The smallest absolute Gasteiger partial charge is 0.282 e. The molecule has 0 aliphatic carbocycles. The number of likely N-dealkylation sites (N-methyl/N-ethyl adjacent to an activating group) is 1. The molecule has 0 spiro atoms. The Bertz CT molecular complexity index is 686. The van der Waals surface area contributed by atoms with Gasteiger partial charge in [-0.15, -0.1) is 0 Å². The summed E-state index contributed by atoms with van der Waals surface area (Å²) in [5.74, 6) is -1.85. The number of rotatable bonds is 6. The van der Waals surface area contributed by atoms with Crippen LogP contribution >= 0.6 is 0 Å². The van der Waals surface area contributed by atoms with Crippen molar-refractivity contribution in [2.24, 2.45) is 0 Å². The third kappa shape index (κ3) is 3.05. The second-order valence-corrected chi connectivity index (χ2v) is 5.32. The third-order valence-electron chi connectivity index (χ3n) is 3.74. The molecule has 0 N–H and O–H groups in total. The predicted octanol–water partition coefficient (Wildman–Crippen LogP) is 1.45. The number of hydrogen-bond acceptors (Lipinski definition) is 5. The second kappa shape index (κ2) is 6.55. The van der Waals surface area contributed by atoms with Crippen LogP contribution in [0.5, 0.6) is 0 Å². The molecule has 0 atom stereocenters. The van der Waals surface area contributed by atoms with Crippen LogP contribution in [0.4, 0.5) is 5.69 Å². The lowest BCUT2D eigenvalue weighted by atomic mass is 10.1. The van der Waals surface area contributed by atoms with Crippen molar-refractivity contribution in [1.29, 1.82) is 0 Å². The van der Waals surface area contributed by atoms with Gasteiger partial charge in [-0.3, -0.25) is 29.4 Å². The molecule has 0 unspecified atom stereocenters. The Hall–Kier alpha value is -2.77. The molecular formula is C15H17N3O5. The van der Waals surface area contributed by atoms with Crippen molar-refractivity contribution in [1.82, 2.24) is 9.80 Å². The Labute approximate surface area is 132 Å². The number of nitrogens with zero attached hydrogens (tertiary/aromatic N) is 3. The molecule has 1 aliphatic rings. The lowest BCUT2D eigenvalue weighted by Gasteiger charge is -2.20. The van der Waals surface area contributed by atoms with Crippen LogP contribution in [-0.2, 0) is 4.79 Å². The second-order valence-electron chi connectivity index (χ2n) is 5.32. The van der Waals surface area contributed by atoms with Gasteiger partial charge in [0.05, 0.1) is 10.5 Å². The summed E-state index contributed by atoms with van der Waals surface area (Å²) in [7, 11) is 1.60. The summed E-state index contributed by atoms with van der Waals surface area (Å²) in [6, 6.07) is 3.87. The first kappa shape index (κ1) is 16.6. The molecule has 0 fully saturated rings. The average molecular weight is 319 g/mol. The van der Waals surface area contributed by atoms with Gasteiger partial charge in [-0.05, 0) is 12.5 Å². The van der Waals surface area contributed by atoms with E-state index in [2.05, 4.69) is 0 Å². The van der Waals surface area contributed by atoms with Crippen molar-refractivity contribution in [3.63, 3.8) is 0 Å². The van der Waals surface area contributed by atoms with Crippen molar-refractivity contribution >= 4 is 23.4 Å². The Morgan fingerprint density at radius 1 is 1.30 bits per heavy atom. The van der Waals surface area contributed by atoms with Gasteiger partial charge in [-0.25, -0.2) is 0 Å². The number of nitro benzene ring substituents is 1. The minimum absolute atomic E-state index is 0.0341. The molecule has 8 nitrogen and oxygen atoms in total. The molecule has 1 aromatic rings. The van der Waals surface area contributed by atoms with E-state index in [0.717, 1.165) is 17.7 Å². The normalized spacial score (nSPS) is 13.2. The fourth-order valence-electron chi connectivity index (χ4n) is 2.39. The Morgan fingerprint density at radius 2 is 2.00 bits per heavy atom.